The van der Waals surface area contributed by atoms with Crippen molar-refractivity contribution in [1.82, 2.24) is 0 Å². The minimum atomic E-state index is -1.04. The van der Waals surface area contributed by atoms with E-state index in [1.807, 2.05) is 0 Å². The summed E-state index contributed by atoms with van der Waals surface area (Å²) >= 11 is 1.19. The van der Waals surface area contributed by atoms with Gasteiger partial charge in [0.2, 0.25) is 0 Å². The molecule has 1 aromatic rings. The first-order valence-electron chi connectivity index (χ1n) is 4.59. The highest BCUT2D eigenvalue weighted by Crippen LogP contribution is 2.22. The molecule has 0 aliphatic carbocycles. The number of hydrogen-bond acceptors (Lipinski definition) is 4. The van der Waals surface area contributed by atoms with Gasteiger partial charge in [0.15, 0.2) is 0 Å². The summed E-state index contributed by atoms with van der Waals surface area (Å²) in [5.41, 5.74) is 0.124. The van der Waals surface area contributed by atoms with Gasteiger partial charge in [-0.3, -0.25) is 4.79 Å². The smallest absolute Gasteiger partial charge is 0.339 e. The molecular formula is C10H12O5S. The van der Waals surface area contributed by atoms with E-state index in [1.54, 1.807) is 13.8 Å². The van der Waals surface area contributed by atoms with Crippen LogP contribution >= 0.6 is 11.8 Å². The molecule has 1 heterocycles. The van der Waals surface area contributed by atoms with Gasteiger partial charge < -0.3 is 14.6 Å². The number of hydrogen-bond donors (Lipinski definition) is 2. The van der Waals surface area contributed by atoms with Crippen LogP contribution in [0.5, 0.6) is 0 Å². The molecule has 0 fully saturated rings. The first-order chi connectivity index (χ1) is 7.41. The molecule has 88 valence electrons. The van der Waals surface area contributed by atoms with E-state index in [9.17, 15) is 9.59 Å². The molecule has 0 bridgehead atoms. The van der Waals surface area contributed by atoms with Gasteiger partial charge in [-0.05, 0) is 19.9 Å². The fourth-order valence-electron chi connectivity index (χ4n) is 1.11. The number of aryl methyl sites for hydroxylation is 1. The van der Waals surface area contributed by atoms with Crippen LogP contribution in [-0.4, -0.2) is 27.4 Å². The normalized spacial score (nSPS) is 12.4. The predicted molar refractivity (Wildman–Crippen MR) is 58.8 cm³/mol. The Bertz CT molecular complexity index is 409. The van der Waals surface area contributed by atoms with Gasteiger partial charge in [0.25, 0.3) is 0 Å². The molecule has 16 heavy (non-hydrogen) atoms. The van der Waals surface area contributed by atoms with Crippen molar-refractivity contribution in [2.24, 2.45) is 0 Å². The zero-order valence-corrected chi connectivity index (χ0v) is 9.71. The highest BCUT2D eigenvalue weighted by molar-refractivity contribution is 7.99. The molecule has 0 radical (unpaired) electrons. The zero-order chi connectivity index (χ0) is 12.3. The van der Waals surface area contributed by atoms with Crippen molar-refractivity contribution >= 4 is 23.7 Å². The van der Waals surface area contributed by atoms with E-state index >= 15 is 0 Å². The Morgan fingerprint density at radius 3 is 2.56 bits per heavy atom. The van der Waals surface area contributed by atoms with Crippen LogP contribution in [0, 0.1) is 6.92 Å². The molecule has 0 aromatic carbocycles. The number of carboxylic acid groups (broad SMARTS) is 2. The van der Waals surface area contributed by atoms with Gasteiger partial charge in [-0.2, -0.15) is 0 Å². The molecular weight excluding hydrogens is 232 g/mol. The number of carboxylic acids is 2. The van der Waals surface area contributed by atoms with E-state index in [1.165, 1.54) is 17.8 Å². The Morgan fingerprint density at radius 1 is 1.50 bits per heavy atom. The van der Waals surface area contributed by atoms with Crippen molar-refractivity contribution in [1.29, 1.82) is 0 Å². The van der Waals surface area contributed by atoms with Gasteiger partial charge >= 0.3 is 11.9 Å². The average Bonchev–Trinajstić information content (AvgIpc) is 2.56. The topological polar surface area (TPSA) is 87.7 Å². The van der Waals surface area contributed by atoms with Crippen LogP contribution in [0.1, 0.15) is 28.8 Å². The summed E-state index contributed by atoms with van der Waals surface area (Å²) in [6.45, 7) is 3.14. The molecule has 5 nitrogen and oxygen atoms in total. The Morgan fingerprint density at radius 2 is 2.12 bits per heavy atom. The first kappa shape index (κ1) is 12.6. The second-order valence-corrected chi connectivity index (χ2v) is 4.61. The van der Waals surface area contributed by atoms with E-state index < -0.39 is 17.2 Å². The molecule has 6 heteroatoms. The van der Waals surface area contributed by atoms with Crippen LogP contribution in [0.4, 0.5) is 0 Å². The minimum Gasteiger partial charge on any atom is -0.480 e. The highest BCUT2D eigenvalue weighted by Gasteiger charge is 2.16. The van der Waals surface area contributed by atoms with E-state index in [2.05, 4.69) is 0 Å². The fraction of sp³-hybridized carbons (Fsp3) is 0.400. The van der Waals surface area contributed by atoms with Crippen LogP contribution in [0.15, 0.2) is 10.5 Å². The summed E-state index contributed by atoms with van der Waals surface area (Å²) in [6.07, 6.45) is 0. The van der Waals surface area contributed by atoms with Crippen molar-refractivity contribution in [3.05, 3.63) is 23.2 Å². The largest absolute Gasteiger partial charge is 0.480 e. The molecule has 0 unspecified atom stereocenters. The minimum absolute atomic E-state index is 0.124. The number of carbonyl (C=O) groups is 2. The van der Waals surface area contributed by atoms with Gasteiger partial charge in [-0.25, -0.2) is 4.79 Å². The predicted octanol–water partition coefficient (Wildman–Crippen LogP) is 1.99. The molecule has 0 aliphatic heterocycles. The lowest BCUT2D eigenvalue weighted by atomic mass is 10.2. The van der Waals surface area contributed by atoms with Crippen molar-refractivity contribution in [3.63, 3.8) is 0 Å². The standard InChI is InChI=1S/C10H12O5S/c1-5-8(10(13)14)3-7(15-5)4-16-6(2)9(11)12/h3,6H,4H2,1-2H3,(H,11,12)(H,13,14)/t6-/m1/s1. The molecule has 0 aliphatic rings. The zero-order valence-electron chi connectivity index (χ0n) is 8.89. The lowest BCUT2D eigenvalue weighted by Gasteiger charge is -2.02. The van der Waals surface area contributed by atoms with Crippen molar-refractivity contribution in [2.45, 2.75) is 24.9 Å². The summed E-state index contributed by atoms with van der Waals surface area (Å²) in [5, 5.41) is 16.9. The third-order valence-electron chi connectivity index (χ3n) is 2.02. The maximum absolute atomic E-state index is 10.7. The fourth-order valence-corrected chi connectivity index (χ4v) is 1.80. The molecule has 0 saturated carbocycles. The number of furan rings is 1. The molecule has 0 saturated heterocycles. The van der Waals surface area contributed by atoms with E-state index in [0.29, 0.717) is 17.3 Å². The summed E-state index contributed by atoms with van der Waals surface area (Å²) < 4.78 is 5.21. The Balaban J connectivity index is 2.65. The SMILES string of the molecule is Cc1oc(CS[C@H](C)C(=O)O)cc1C(=O)O. The van der Waals surface area contributed by atoms with Gasteiger partial charge in [0, 0.05) is 0 Å². The second kappa shape index (κ2) is 5.07. The molecule has 1 atom stereocenters. The van der Waals surface area contributed by atoms with Crippen LogP contribution in [0.25, 0.3) is 0 Å². The molecule has 1 rings (SSSR count). The summed E-state index contributed by atoms with van der Waals surface area (Å²) in [4.78, 5) is 21.3. The molecule has 1 aromatic heterocycles. The molecule has 2 N–H and O–H groups in total. The molecule has 0 spiro atoms. The van der Waals surface area contributed by atoms with E-state index in [0.717, 1.165) is 0 Å². The second-order valence-electron chi connectivity index (χ2n) is 3.28. The van der Waals surface area contributed by atoms with Crippen molar-refractivity contribution in [3.8, 4) is 0 Å². The summed E-state index contributed by atoms with van der Waals surface area (Å²) in [5.74, 6) is -0.767. The quantitative estimate of drug-likeness (QED) is 0.823. The van der Waals surface area contributed by atoms with Gasteiger partial charge in [-0.1, -0.05) is 0 Å². The Labute approximate surface area is 96.5 Å². The lowest BCUT2D eigenvalue weighted by Crippen LogP contribution is -2.11. The van der Waals surface area contributed by atoms with Crippen LogP contribution in [0.3, 0.4) is 0 Å². The van der Waals surface area contributed by atoms with Crippen LogP contribution < -0.4 is 0 Å². The Kier molecular flexibility index (Phi) is 4.00. The lowest BCUT2D eigenvalue weighted by molar-refractivity contribution is -0.136. The Hall–Kier alpha value is -1.43. The van der Waals surface area contributed by atoms with E-state index in [4.69, 9.17) is 14.6 Å². The van der Waals surface area contributed by atoms with E-state index in [-0.39, 0.29) is 5.56 Å². The highest BCUT2D eigenvalue weighted by atomic mass is 32.2. The van der Waals surface area contributed by atoms with Gasteiger partial charge in [0.05, 0.1) is 11.0 Å². The van der Waals surface area contributed by atoms with Gasteiger partial charge in [0.1, 0.15) is 17.1 Å². The van der Waals surface area contributed by atoms with Crippen molar-refractivity contribution < 1.29 is 24.2 Å². The maximum atomic E-state index is 10.7. The number of aliphatic carboxylic acids is 1. The number of aromatic carboxylic acids is 1. The third kappa shape index (κ3) is 3.03. The van der Waals surface area contributed by atoms with Crippen molar-refractivity contribution in [2.75, 3.05) is 0 Å². The monoisotopic (exact) mass is 244 g/mol. The first-order valence-corrected chi connectivity index (χ1v) is 5.63. The number of rotatable bonds is 5. The van der Waals surface area contributed by atoms with Crippen LogP contribution in [-0.2, 0) is 10.5 Å². The summed E-state index contributed by atoms with van der Waals surface area (Å²) in [7, 11) is 0. The number of thioether (sulfide) groups is 1. The average molecular weight is 244 g/mol. The van der Waals surface area contributed by atoms with Gasteiger partial charge in [-0.15, -0.1) is 11.8 Å². The van der Waals surface area contributed by atoms with Crippen LogP contribution in [0.2, 0.25) is 0 Å². The maximum Gasteiger partial charge on any atom is 0.339 e. The summed E-state index contributed by atoms with van der Waals surface area (Å²) in [6, 6.07) is 1.43. The third-order valence-corrected chi connectivity index (χ3v) is 3.18. The molecule has 0 amide bonds.